The Balaban J connectivity index is 1.86. The molecule has 0 bridgehead atoms. The predicted molar refractivity (Wildman–Crippen MR) is 208 cm³/mol. The molecule has 4 rings (SSSR count). The van der Waals surface area contributed by atoms with Crippen LogP contribution in [-0.4, -0.2) is 59.9 Å². The Bertz CT molecular complexity index is 1650. The summed E-state index contributed by atoms with van der Waals surface area (Å²) in [6.45, 7) is 23.7. The third-order valence-electron chi connectivity index (χ3n) is 9.77. The highest BCUT2D eigenvalue weighted by Crippen LogP contribution is 2.43. The molecule has 1 atom stereocenters. The van der Waals surface area contributed by atoms with Gasteiger partial charge in [-0.2, -0.15) is 0 Å². The van der Waals surface area contributed by atoms with Gasteiger partial charge in [0.25, 0.3) is 5.91 Å². The smallest absolute Gasteiger partial charge is 0.411 e. The lowest BCUT2D eigenvalue weighted by Crippen LogP contribution is -2.68. The van der Waals surface area contributed by atoms with Gasteiger partial charge in [-0.3, -0.25) is 10.1 Å². The Morgan fingerprint density at radius 2 is 1.50 bits per heavy atom. The maximum absolute atomic E-state index is 14.5. The van der Waals surface area contributed by atoms with Crippen LogP contribution >= 0.6 is 0 Å². The van der Waals surface area contributed by atoms with E-state index in [0.717, 1.165) is 15.9 Å². The number of carbonyl (C=O) groups excluding carboxylic acids is 2. The summed E-state index contributed by atoms with van der Waals surface area (Å²) in [5.41, 5.74) is 1.57. The molecule has 8 nitrogen and oxygen atoms in total. The van der Waals surface area contributed by atoms with Crippen LogP contribution in [0.25, 0.3) is 0 Å². The van der Waals surface area contributed by atoms with Gasteiger partial charge in [-0.15, -0.1) is 0 Å². The molecule has 0 radical (unpaired) electrons. The topological polar surface area (TPSA) is 86.3 Å². The molecule has 3 aromatic rings. The lowest BCUT2D eigenvalue weighted by Gasteiger charge is -2.43. The number of amides is 2. The Morgan fingerprint density at radius 3 is 2.00 bits per heavy atom. The maximum atomic E-state index is 14.5. The van der Waals surface area contributed by atoms with E-state index in [2.05, 4.69) is 90.8 Å². The summed E-state index contributed by atoms with van der Waals surface area (Å²) >= 11 is 0. The molecule has 1 aliphatic heterocycles. The van der Waals surface area contributed by atoms with Crippen LogP contribution in [0.4, 0.5) is 10.5 Å². The summed E-state index contributed by atoms with van der Waals surface area (Å²) in [6.07, 6.45) is 3.34. The van der Waals surface area contributed by atoms with Gasteiger partial charge in [0.2, 0.25) is 0 Å². The minimum Gasteiger partial charge on any atom is -0.531 e. The third-order valence-corrected chi connectivity index (χ3v) is 19.2. The normalized spacial score (nSPS) is 15.3. The number of anilines is 1. The number of hydrogen-bond donors (Lipinski definition) is 1. The van der Waals surface area contributed by atoms with Crippen LogP contribution < -0.4 is 24.9 Å². The van der Waals surface area contributed by atoms with Crippen molar-refractivity contribution in [2.24, 2.45) is 0 Å². The number of ether oxygens (including phenoxy) is 2. The molecule has 0 aliphatic carbocycles. The van der Waals surface area contributed by atoms with Gasteiger partial charge in [-0.25, -0.2) is 4.79 Å². The standard InChI is InChI=1S/C40H54N2O6Si2/c1-12-23-46-38(44)41-34-26-36(48-50(40(6,7)8,31-19-15-13-16-20-31)32-21-17-14-18-22-32)35(45-9)25-33(34)37(43)42-27-29(2)24-30(42)28-47-49(10,11)39(3,4)5/h12-22,25-27,30H,1,23-24,28H2,2-11H3,(H,41,44)/t30-/m0/s1. The first kappa shape index (κ1) is 38.7. The monoisotopic (exact) mass is 714 g/mol. The van der Waals surface area contributed by atoms with E-state index in [4.69, 9.17) is 18.3 Å². The highest BCUT2D eigenvalue weighted by Gasteiger charge is 2.52. The number of methoxy groups -OCH3 is 1. The zero-order valence-corrected chi connectivity index (χ0v) is 33.4. The van der Waals surface area contributed by atoms with Crippen LogP contribution in [0.3, 0.4) is 0 Å². The zero-order valence-electron chi connectivity index (χ0n) is 31.4. The van der Waals surface area contributed by atoms with Crippen molar-refractivity contribution in [2.75, 3.05) is 25.6 Å². The predicted octanol–water partition coefficient (Wildman–Crippen LogP) is 8.51. The second-order valence-corrected chi connectivity index (χ2v) is 24.5. The highest BCUT2D eigenvalue weighted by atomic mass is 28.4. The van der Waals surface area contributed by atoms with E-state index in [0.29, 0.717) is 24.5 Å². The van der Waals surface area contributed by atoms with Gasteiger partial charge in [0.05, 0.1) is 31.0 Å². The van der Waals surface area contributed by atoms with Gasteiger partial charge in [0, 0.05) is 12.3 Å². The highest BCUT2D eigenvalue weighted by molar-refractivity contribution is 7.00. The number of hydrogen-bond acceptors (Lipinski definition) is 6. The average Bonchev–Trinajstić information content (AvgIpc) is 3.45. The van der Waals surface area contributed by atoms with Gasteiger partial charge in [-0.05, 0) is 53.0 Å². The summed E-state index contributed by atoms with van der Waals surface area (Å²) in [5, 5.41) is 4.65. The number of nitrogens with one attached hydrogen (secondary N) is 1. The fraction of sp³-hybridized carbons (Fsp3) is 0.400. The number of nitrogens with zero attached hydrogens (tertiary/aromatic N) is 1. The van der Waals surface area contributed by atoms with Crippen LogP contribution in [0.15, 0.2) is 97.2 Å². The van der Waals surface area contributed by atoms with Gasteiger partial charge in [-0.1, -0.05) is 120 Å². The molecule has 0 unspecified atom stereocenters. The molecule has 3 aromatic carbocycles. The quantitative estimate of drug-likeness (QED) is 0.150. The molecule has 1 heterocycles. The molecule has 0 spiro atoms. The van der Waals surface area contributed by atoms with Crippen LogP contribution in [0.1, 0.15) is 65.2 Å². The van der Waals surface area contributed by atoms with Gasteiger partial charge in [0.15, 0.2) is 14.1 Å². The van der Waals surface area contributed by atoms with Crippen molar-refractivity contribution in [3.8, 4) is 11.5 Å². The first-order valence-electron chi connectivity index (χ1n) is 17.2. The molecule has 0 aromatic heterocycles. The number of carbonyl (C=O) groups is 2. The van der Waals surface area contributed by atoms with Gasteiger partial charge in [0.1, 0.15) is 12.4 Å². The summed E-state index contributed by atoms with van der Waals surface area (Å²) in [6, 6.07) is 23.6. The lowest BCUT2D eigenvalue weighted by atomic mass is 10.1. The Labute approximate surface area is 300 Å². The van der Waals surface area contributed by atoms with E-state index in [9.17, 15) is 9.59 Å². The number of rotatable bonds is 12. The lowest BCUT2D eigenvalue weighted by molar-refractivity contribution is 0.0738. The molecular weight excluding hydrogens is 661 g/mol. The fourth-order valence-corrected chi connectivity index (χ4v) is 11.5. The fourth-order valence-electron chi connectivity index (χ4n) is 6.06. The van der Waals surface area contributed by atoms with E-state index < -0.39 is 22.7 Å². The van der Waals surface area contributed by atoms with Crippen LogP contribution in [0.2, 0.25) is 23.2 Å². The molecule has 1 aliphatic rings. The second-order valence-electron chi connectivity index (χ2n) is 15.4. The molecule has 2 amide bonds. The average molecular weight is 715 g/mol. The van der Waals surface area contributed by atoms with Crippen molar-refractivity contribution in [3.63, 3.8) is 0 Å². The van der Waals surface area contributed by atoms with Crippen molar-refractivity contribution >= 4 is 44.7 Å². The van der Waals surface area contributed by atoms with Crippen molar-refractivity contribution < 1.29 is 27.9 Å². The molecule has 0 saturated heterocycles. The Morgan fingerprint density at radius 1 is 0.920 bits per heavy atom. The second kappa shape index (κ2) is 15.4. The van der Waals surface area contributed by atoms with E-state index >= 15 is 0 Å². The van der Waals surface area contributed by atoms with Crippen LogP contribution in [0.5, 0.6) is 11.5 Å². The van der Waals surface area contributed by atoms with Crippen LogP contribution in [-0.2, 0) is 9.16 Å². The SMILES string of the molecule is C=CCOC(=O)Nc1cc(O[Si](c2ccccc2)(c2ccccc2)C(C)(C)C)c(OC)cc1C(=O)N1C=C(C)C[C@H]1CO[Si](C)(C)C(C)(C)C. The minimum atomic E-state index is -3.11. The van der Waals surface area contributed by atoms with Crippen molar-refractivity contribution in [1.29, 1.82) is 0 Å². The molecule has 268 valence electrons. The van der Waals surface area contributed by atoms with Crippen molar-refractivity contribution in [2.45, 2.75) is 84.1 Å². The zero-order chi connectivity index (χ0) is 36.9. The molecule has 1 N–H and O–H groups in total. The third kappa shape index (κ3) is 8.25. The Hall–Kier alpha value is -4.13. The summed E-state index contributed by atoms with van der Waals surface area (Å²) in [5.74, 6) is 0.489. The van der Waals surface area contributed by atoms with Crippen molar-refractivity contribution in [3.05, 3.63) is 103 Å². The van der Waals surface area contributed by atoms with Gasteiger partial charge < -0.3 is 23.2 Å². The summed E-state index contributed by atoms with van der Waals surface area (Å²) in [4.78, 5) is 29.3. The Kier molecular flexibility index (Phi) is 11.9. The molecule has 0 fully saturated rings. The minimum absolute atomic E-state index is 0.0115. The molecule has 50 heavy (non-hydrogen) atoms. The van der Waals surface area contributed by atoms with E-state index in [1.165, 1.54) is 6.08 Å². The molecule has 10 heteroatoms. The summed E-state index contributed by atoms with van der Waals surface area (Å²) in [7, 11) is -3.63. The number of benzene rings is 3. The van der Waals surface area contributed by atoms with Crippen LogP contribution in [0, 0.1) is 0 Å². The van der Waals surface area contributed by atoms with E-state index in [1.807, 2.05) is 49.5 Å². The first-order chi connectivity index (χ1) is 23.4. The van der Waals surface area contributed by atoms with Crippen molar-refractivity contribution in [1.82, 2.24) is 4.90 Å². The summed E-state index contributed by atoms with van der Waals surface area (Å²) < 4.78 is 25.2. The van der Waals surface area contributed by atoms with E-state index in [-0.39, 0.29) is 39.9 Å². The van der Waals surface area contributed by atoms with E-state index in [1.54, 1.807) is 24.1 Å². The molecule has 0 saturated carbocycles. The maximum Gasteiger partial charge on any atom is 0.411 e. The molecular formula is C40H54N2O6Si2. The van der Waals surface area contributed by atoms with Gasteiger partial charge >= 0.3 is 14.4 Å². The first-order valence-corrected chi connectivity index (χ1v) is 22.0. The largest absolute Gasteiger partial charge is 0.531 e.